The van der Waals surface area contributed by atoms with Crippen molar-refractivity contribution in [2.24, 2.45) is 11.8 Å². The van der Waals surface area contributed by atoms with Crippen LogP contribution < -0.4 is 25.0 Å². The minimum Gasteiger partial charge on any atom is -0.504 e. The number of aromatic hydroxyl groups is 2. The minimum absolute atomic E-state index is 0.237. The number of amides is 3. The Balaban J connectivity index is 1.36. The highest BCUT2D eigenvalue weighted by Gasteiger charge is 2.70. The summed E-state index contributed by atoms with van der Waals surface area (Å²) < 4.78 is 11.3. The molecule has 0 aliphatic carbocycles. The SMILES string of the molecule is CCc1ccc2c(c1)[C@]1(N[C@H](Cc3ccc(O)c(O)c3)[C@H]3C(=O)N(c4ccc5c(c4)OCCO5)C(=O)[C@@H]31)C(=O)N2. The van der Waals surface area contributed by atoms with Crippen molar-refractivity contribution in [1.29, 1.82) is 0 Å². The summed E-state index contributed by atoms with van der Waals surface area (Å²) in [6, 6.07) is 14.5. The minimum atomic E-state index is -1.45. The first-order chi connectivity index (χ1) is 19.3. The Morgan fingerprint density at radius 3 is 2.45 bits per heavy atom. The number of phenols is 2. The number of anilines is 2. The lowest BCUT2D eigenvalue weighted by atomic mass is 9.76. The van der Waals surface area contributed by atoms with Gasteiger partial charge >= 0.3 is 0 Å². The van der Waals surface area contributed by atoms with Crippen LogP contribution >= 0.6 is 0 Å². The molecular formula is C30H27N3O7. The lowest BCUT2D eigenvalue weighted by Crippen LogP contribution is -2.53. The molecule has 4 heterocycles. The topological polar surface area (TPSA) is 137 Å². The molecule has 4 N–H and O–H groups in total. The summed E-state index contributed by atoms with van der Waals surface area (Å²) in [7, 11) is 0. The molecule has 0 saturated carbocycles. The monoisotopic (exact) mass is 541 g/mol. The number of rotatable bonds is 4. The van der Waals surface area contributed by atoms with Crippen LogP contribution in [0.4, 0.5) is 11.4 Å². The molecule has 0 aromatic heterocycles. The van der Waals surface area contributed by atoms with Crippen LogP contribution in [0.25, 0.3) is 0 Å². The highest BCUT2D eigenvalue weighted by atomic mass is 16.6. The van der Waals surface area contributed by atoms with Crippen molar-refractivity contribution >= 4 is 29.1 Å². The van der Waals surface area contributed by atoms with Crippen LogP contribution in [0.2, 0.25) is 0 Å². The van der Waals surface area contributed by atoms with Crippen molar-refractivity contribution < 1.29 is 34.1 Å². The number of ether oxygens (including phenoxy) is 2. The second kappa shape index (κ2) is 8.72. The summed E-state index contributed by atoms with van der Waals surface area (Å²) >= 11 is 0. The number of nitrogens with zero attached hydrogens (tertiary/aromatic N) is 1. The van der Waals surface area contributed by atoms with Gasteiger partial charge in [-0.3, -0.25) is 19.7 Å². The molecular weight excluding hydrogens is 514 g/mol. The van der Waals surface area contributed by atoms with E-state index in [-0.39, 0.29) is 23.8 Å². The van der Waals surface area contributed by atoms with E-state index >= 15 is 0 Å². The van der Waals surface area contributed by atoms with E-state index in [0.717, 1.165) is 16.9 Å². The van der Waals surface area contributed by atoms with Gasteiger partial charge in [0.2, 0.25) is 17.7 Å². The van der Waals surface area contributed by atoms with Gasteiger partial charge in [-0.05, 0) is 54.3 Å². The molecule has 2 fully saturated rings. The number of carbonyl (C=O) groups is 3. The van der Waals surface area contributed by atoms with Gasteiger partial charge in [0.25, 0.3) is 0 Å². The molecule has 204 valence electrons. The fraction of sp³-hybridized carbons (Fsp3) is 0.300. The van der Waals surface area contributed by atoms with E-state index in [9.17, 15) is 24.6 Å². The molecule has 3 aromatic carbocycles. The molecule has 4 atom stereocenters. The molecule has 4 aliphatic heterocycles. The van der Waals surface area contributed by atoms with E-state index in [2.05, 4.69) is 10.6 Å². The van der Waals surface area contributed by atoms with E-state index in [0.29, 0.717) is 47.2 Å². The van der Waals surface area contributed by atoms with Crippen LogP contribution in [-0.4, -0.2) is 47.2 Å². The van der Waals surface area contributed by atoms with Gasteiger partial charge in [0, 0.05) is 23.4 Å². The maximum Gasteiger partial charge on any atom is 0.250 e. The number of aryl methyl sites for hydroxylation is 1. The summed E-state index contributed by atoms with van der Waals surface area (Å²) in [5, 5.41) is 26.2. The molecule has 0 bridgehead atoms. The molecule has 2 saturated heterocycles. The number of imide groups is 1. The Bertz CT molecular complexity index is 1600. The fourth-order valence-corrected chi connectivity index (χ4v) is 6.62. The van der Waals surface area contributed by atoms with Crippen LogP contribution in [-0.2, 0) is 32.8 Å². The van der Waals surface area contributed by atoms with Crippen molar-refractivity contribution in [1.82, 2.24) is 5.32 Å². The third-order valence-electron chi connectivity index (χ3n) is 8.47. The number of fused-ring (bicyclic) bond motifs is 5. The van der Waals surface area contributed by atoms with Crippen LogP contribution in [0, 0.1) is 11.8 Å². The molecule has 40 heavy (non-hydrogen) atoms. The fourth-order valence-electron chi connectivity index (χ4n) is 6.62. The number of phenolic OH excluding ortho intramolecular Hbond substituents is 2. The van der Waals surface area contributed by atoms with Crippen LogP contribution in [0.3, 0.4) is 0 Å². The average molecular weight is 542 g/mol. The standard InChI is InChI=1S/C30H27N3O7/c1-2-15-3-6-19-18(11-15)30(29(38)31-19)26-25(20(32-30)12-16-4-7-21(34)22(35)13-16)27(36)33(28(26)37)17-5-8-23-24(14-17)40-10-9-39-23/h3-8,11,13-14,20,25-26,32,34-35H,2,9-10,12H2,1H3,(H,31,38)/t20-,25-,26-,30-/m1/s1. The van der Waals surface area contributed by atoms with E-state index in [1.54, 1.807) is 24.3 Å². The van der Waals surface area contributed by atoms with Gasteiger partial charge in [-0.15, -0.1) is 0 Å². The molecule has 1 spiro atoms. The van der Waals surface area contributed by atoms with Crippen LogP contribution in [0.15, 0.2) is 54.6 Å². The van der Waals surface area contributed by atoms with Crippen molar-refractivity contribution in [3.05, 3.63) is 71.3 Å². The first-order valence-electron chi connectivity index (χ1n) is 13.3. The lowest BCUT2D eigenvalue weighted by molar-refractivity contribution is -0.130. The Kier molecular flexibility index (Phi) is 5.33. The van der Waals surface area contributed by atoms with Gasteiger partial charge < -0.3 is 25.0 Å². The van der Waals surface area contributed by atoms with E-state index in [1.165, 1.54) is 12.1 Å². The Hall–Kier alpha value is -4.57. The zero-order valence-corrected chi connectivity index (χ0v) is 21.6. The smallest absolute Gasteiger partial charge is 0.250 e. The van der Waals surface area contributed by atoms with Gasteiger partial charge in [-0.25, -0.2) is 4.90 Å². The van der Waals surface area contributed by atoms with E-state index in [4.69, 9.17) is 9.47 Å². The molecule has 4 aliphatic rings. The second-order valence-corrected chi connectivity index (χ2v) is 10.6. The Labute approximate surface area is 229 Å². The normalized spacial score (nSPS) is 26.3. The zero-order chi connectivity index (χ0) is 27.8. The Morgan fingerprint density at radius 2 is 1.68 bits per heavy atom. The maximum atomic E-state index is 14.3. The van der Waals surface area contributed by atoms with Gasteiger partial charge in [-0.2, -0.15) is 0 Å². The molecule has 10 nitrogen and oxygen atoms in total. The molecule has 7 rings (SSSR count). The van der Waals surface area contributed by atoms with Crippen LogP contribution in [0.5, 0.6) is 23.0 Å². The quantitative estimate of drug-likeness (QED) is 0.292. The number of nitrogens with one attached hydrogen (secondary N) is 2. The van der Waals surface area contributed by atoms with Crippen molar-refractivity contribution in [3.63, 3.8) is 0 Å². The van der Waals surface area contributed by atoms with Gasteiger partial charge in [0.15, 0.2) is 23.0 Å². The summed E-state index contributed by atoms with van der Waals surface area (Å²) in [5.41, 5.74) is 1.79. The van der Waals surface area contributed by atoms with E-state index < -0.39 is 35.2 Å². The van der Waals surface area contributed by atoms with E-state index in [1.807, 2.05) is 25.1 Å². The molecule has 3 amide bonds. The molecule has 10 heteroatoms. The maximum absolute atomic E-state index is 14.3. The average Bonchev–Trinajstić information content (AvgIpc) is 3.54. The summed E-state index contributed by atoms with van der Waals surface area (Å²) in [4.78, 5) is 43.4. The van der Waals surface area contributed by atoms with Crippen LogP contribution in [0.1, 0.15) is 23.6 Å². The molecule has 0 radical (unpaired) electrons. The lowest BCUT2D eigenvalue weighted by Gasteiger charge is -2.30. The first kappa shape index (κ1) is 24.5. The highest BCUT2D eigenvalue weighted by molar-refractivity contribution is 6.26. The summed E-state index contributed by atoms with van der Waals surface area (Å²) in [6.07, 6.45) is 0.971. The largest absolute Gasteiger partial charge is 0.504 e. The van der Waals surface area contributed by atoms with Gasteiger partial charge in [0.05, 0.1) is 17.5 Å². The van der Waals surface area contributed by atoms with Gasteiger partial charge in [0.1, 0.15) is 18.8 Å². The summed E-state index contributed by atoms with van der Waals surface area (Å²) in [5.74, 6) is -2.70. The molecule has 3 aromatic rings. The number of benzene rings is 3. The van der Waals surface area contributed by atoms with Crippen molar-refractivity contribution in [2.75, 3.05) is 23.4 Å². The predicted octanol–water partition coefficient (Wildman–Crippen LogP) is 2.60. The van der Waals surface area contributed by atoms with Gasteiger partial charge in [-0.1, -0.05) is 25.1 Å². The third kappa shape index (κ3) is 3.35. The second-order valence-electron chi connectivity index (χ2n) is 10.6. The zero-order valence-electron chi connectivity index (χ0n) is 21.6. The Morgan fingerprint density at radius 1 is 0.900 bits per heavy atom. The highest BCUT2D eigenvalue weighted by Crippen LogP contribution is 2.54. The van der Waals surface area contributed by atoms with Crippen molar-refractivity contribution in [2.45, 2.75) is 31.3 Å². The summed E-state index contributed by atoms with van der Waals surface area (Å²) in [6.45, 7) is 2.78. The van der Waals surface area contributed by atoms with Crippen molar-refractivity contribution in [3.8, 4) is 23.0 Å². The number of carbonyl (C=O) groups excluding carboxylic acids is 3. The first-order valence-corrected chi connectivity index (χ1v) is 13.3. The number of hydrogen-bond acceptors (Lipinski definition) is 8. The number of hydrogen-bond donors (Lipinski definition) is 4. The predicted molar refractivity (Wildman–Crippen MR) is 143 cm³/mol. The molecule has 0 unspecified atom stereocenters. The third-order valence-corrected chi connectivity index (χ3v) is 8.47.